The molecular formula is C10H13FN2O3. The van der Waals surface area contributed by atoms with E-state index in [4.69, 9.17) is 10.8 Å². The molecule has 0 aliphatic carbocycles. The Morgan fingerprint density at radius 2 is 2.25 bits per heavy atom. The van der Waals surface area contributed by atoms with Crippen molar-refractivity contribution in [3.8, 4) is 0 Å². The minimum atomic E-state index is -0.662. The molecule has 88 valence electrons. The van der Waals surface area contributed by atoms with Gasteiger partial charge in [-0.1, -0.05) is 0 Å². The van der Waals surface area contributed by atoms with Gasteiger partial charge in [0.05, 0.1) is 11.0 Å². The molecule has 0 spiro atoms. The third kappa shape index (κ3) is 2.98. The highest BCUT2D eigenvalue weighted by Gasteiger charge is 2.19. The Balaban J connectivity index is 2.98. The van der Waals surface area contributed by atoms with Gasteiger partial charge in [-0.05, 0) is 25.0 Å². The van der Waals surface area contributed by atoms with Crippen LogP contribution in [0.3, 0.4) is 0 Å². The summed E-state index contributed by atoms with van der Waals surface area (Å²) in [4.78, 5) is 10.0. The highest BCUT2D eigenvalue weighted by molar-refractivity contribution is 5.42. The van der Waals surface area contributed by atoms with Gasteiger partial charge in [0.1, 0.15) is 5.82 Å². The molecule has 16 heavy (non-hydrogen) atoms. The predicted molar refractivity (Wildman–Crippen MR) is 56.3 cm³/mol. The molecule has 0 aliphatic heterocycles. The number of benzene rings is 1. The Hall–Kier alpha value is -1.53. The fraction of sp³-hybridized carbons (Fsp3) is 0.400. The maximum Gasteiger partial charge on any atom is 0.277 e. The summed E-state index contributed by atoms with van der Waals surface area (Å²) in [5, 5.41) is 19.3. The number of hydrogen-bond acceptors (Lipinski definition) is 4. The maximum absolute atomic E-state index is 12.8. The van der Waals surface area contributed by atoms with Crippen molar-refractivity contribution in [3.63, 3.8) is 0 Å². The molecule has 3 N–H and O–H groups in total. The van der Waals surface area contributed by atoms with Crippen LogP contribution in [0.1, 0.15) is 24.4 Å². The first-order valence-electron chi connectivity index (χ1n) is 4.86. The van der Waals surface area contributed by atoms with Gasteiger partial charge in [0.2, 0.25) is 0 Å². The summed E-state index contributed by atoms with van der Waals surface area (Å²) in [6.07, 6.45) is 0.874. The largest absolute Gasteiger partial charge is 0.396 e. The molecule has 1 aromatic carbocycles. The first-order valence-corrected chi connectivity index (χ1v) is 4.86. The third-order valence-corrected chi connectivity index (χ3v) is 2.26. The third-order valence-electron chi connectivity index (χ3n) is 2.26. The number of nitrogens with zero attached hydrogens (tertiary/aromatic N) is 1. The van der Waals surface area contributed by atoms with Crippen molar-refractivity contribution in [2.24, 2.45) is 5.73 Å². The van der Waals surface area contributed by atoms with Gasteiger partial charge in [0.25, 0.3) is 5.69 Å². The molecule has 0 saturated carbocycles. The SMILES string of the molecule is N[C@@H](CCCO)c1ccc(F)cc1[N+](=O)[O-]. The molecule has 0 unspecified atom stereocenters. The van der Waals surface area contributed by atoms with Crippen LogP contribution >= 0.6 is 0 Å². The lowest BCUT2D eigenvalue weighted by molar-refractivity contribution is -0.385. The molecule has 0 saturated heterocycles. The molecule has 0 aromatic heterocycles. The van der Waals surface area contributed by atoms with Crippen molar-refractivity contribution < 1.29 is 14.4 Å². The van der Waals surface area contributed by atoms with E-state index in [-0.39, 0.29) is 12.3 Å². The van der Waals surface area contributed by atoms with Gasteiger partial charge >= 0.3 is 0 Å². The van der Waals surface area contributed by atoms with Crippen LogP contribution in [-0.2, 0) is 0 Å². The van der Waals surface area contributed by atoms with Crippen LogP contribution in [0.25, 0.3) is 0 Å². The number of nitro groups is 1. The van der Waals surface area contributed by atoms with E-state index in [2.05, 4.69) is 0 Å². The van der Waals surface area contributed by atoms with Gasteiger partial charge in [-0.2, -0.15) is 0 Å². The molecule has 1 rings (SSSR count). The quantitative estimate of drug-likeness (QED) is 0.590. The smallest absolute Gasteiger partial charge is 0.277 e. The van der Waals surface area contributed by atoms with Crippen LogP contribution in [0.2, 0.25) is 0 Å². The normalized spacial score (nSPS) is 12.4. The Labute approximate surface area is 91.8 Å². The molecule has 0 heterocycles. The highest BCUT2D eigenvalue weighted by Crippen LogP contribution is 2.26. The summed E-state index contributed by atoms with van der Waals surface area (Å²) in [5.41, 5.74) is 5.71. The predicted octanol–water partition coefficient (Wildman–Crippen LogP) is 1.51. The van der Waals surface area contributed by atoms with Crippen LogP contribution in [-0.4, -0.2) is 16.6 Å². The fourth-order valence-electron chi connectivity index (χ4n) is 1.46. The zero-order valence-corrected chi connectivity index (χ0v) is 8.60. The molecular weight excluding hydrogens is 215 g/mol. The van der Waals surface area contributed by atoms with Crippen molar-refractivity contribution >= 4 is 5.69 Å². The second kappa shape index (κ2) is 5.53. The number of nitrogens with two attached hydrogens (primary N) is 1. The second-order valence-electron chi connectivity index (χ2n) is 3.43. The van der Waals surface area contributed by atoms with Gasteiger partial charge < -0.3 is 10.8 Å². The Kier molecular flexibility index (Phi) is 4.33. The molecule has 5 nitrogen and oxygen atoms in total. The monoisotopic (exact) mass is 228 g/mol. The fourth-order valence-corrected chi connectivity index (χ4v) is 1.46. The van der Waals surface area contributed by atoms with E-state index in [1.54, 1.807) is 0 Å². The number of nitro benzene ring substituents is 1. The number of aliphatic hydroxyl groups excluding tert-OH is 1. The molecule has 1 aromatic rings. The average molecular weight is 228 g/mol. The summed E-state index contributed by atoms with van der Waals surface area (Å²) >= 11 is 0. The number of aliphatic hydroxyl groups is 1. The first-order chi connectivity index (χ1) is 7.56. The molecule has 0 amide bonds. The standard InChI is InChI=1S/C10H13FN2O3/c11-7-3-4-8(9(12)2-1-5-14)10(6-7)13(15)16/h3-4,6,9,14H,1-2,5,12H2/t9-/m0/s1. The summed E-state index contributed by atoms with van der Waals surface area (Å²) in [6, 6.07) is 2.75. The van der Waals surface area contributed by atoms with E-state index >= 15 is 0 Å². The van der Waals surface area contributed by atoms with Crippen molar-refractivity contribution in [3.05, 3.63) is 39.7 Å². The zero-order valence-electron chi connectivity index (χ0n) is 8.60. The van der Waals surface area contributed by atoms with Crippen LogP contribution in [0.5, 0.6) is 0 Å². The van der Waals surface area contributed by atoms with E-state index in [1.807, 2.05) is 0 Å². The lowest BCUT2D eigenvalue weighted by Gasteiger charge is -2.11. The van der Waals surface area contributed by atoms with Gasteiger partial charge in [-0.25, -0.2) is 4.39 Å². The number of hydrogen-bond donors (Lipinski definition) is 2. The van der Waals surface area contributed by atoms with Crippen LogP contribution in [0.15, 0.2) is 18.2 Å². The molecule has 0 fully saturated rings. The van der Waals surface area contributed by atoms with Crippen molar-refractivity contribution in [2.75, 3.05) is 6.61 Å². The minimum absolute atomic E-state index is 0.0251. The first kappa shape index (κ1) is 12.5. The molecule has 0 bridgehead atoms. The van der Waals surface area contributed by atoms with E-state index in [0.717, 1.165) is 12.1 Å². The number of halogens is 1. The van der Waals surface area contributed by atoms with Gasteiger partial charge in [-0.3, -0.25) is 10.1 Å². The summed E-state index contributed by atoms with van der Waals surface area (Å²) in [5.74, 6) is -0.662. The molecule has 6 heteroatoms. The van der Waals surface area contributed by atoms with Gasteiger partial charge in [0, 0.05) is 18.2 Å². The summed E-state index contributed by atoms with van der Waals surface area (Å²) < 4.78 is 12.8. The molecule has 1 atom stereocenters. The summed E-state index contributed by atoms with van der Waals surface area (Å²) in [6.45, 7) is -0.0251. The Bertz CT molecular complexity index is 384. The zero-order chi connectivity index (χ0) is 12.1. The van der Waals surface area contributed by atoms with E-state index in [0.29, 0.717) is 18.4 Å². The van der Waals surface area contributed by atoms with Crippen molar-refractivity contribution in [2.45, 2.75) is 18.9 Å². The van der Waals surface area contributed by atoms with E-state index < -0.39 is 16.8 Å². The Morgan fingerprint density at radius 1 is 1.56 bits per heavy atom. The second-order valence-corrected chi connectivity index (χ2v) is 3.43. The van der Waals surface area contributed by atoms with Crippen LogP contribution in [0, 0.1) is 15.9 Å². The number of rotatable bonds is 5. The molecule has 0 aliphatic rings. The average Bonchev–Trinajstić information content (AvgIpc) is 2.25. The molecule has 0 radical (unpaired) electrons. The minimum Gasteiger partial charge on any atom is -0.396 e. The maximum atomic E-state index is 12.8. The van der Waals surface area contributed by atoms with Gasteiger partial charge in [-0.15, -0.1) is 0 Å². The lowest BCUT2D eigenvalue weighted by Crippen LogP contribution is -2.13. The van der Waals surface area contributed by atoms with Crippen LogP contribution < -0.4 is 5.73 Å². The van der Waals surface area contributed by atoms with Crippen molar-refractivity contribution in [1.82, 2.24) is 0 Å². The van der Waals surface area contributed by atoms with E-state index in [9.17, 15) is 14.5 Å². The Morgan fingerprint density at radius 3 is 2.81 bits per heavy atom. The van der Waals surface area contributed by atoms with Crippen molar-refractivity contribution in [1.29, 1.82) is 0 Å². The lowest BCUT2D eigenvalue weighted by atomic mass is 10.0. The van der Waals surface area contributed by atoms with E-state index in [1.165, 1.54) is 6.07 Å². The summed E-state index contributed by atoms with van der Waals surface area (Å²) in [7, 11) is 0. The topological polar surface area (TPSA) is 89.4 Å². The van der Waals surface area contributed by atoms with Gasteiger partial charge in [0.15, 0.2) is 0 Å². The highest BCUT2D eigenvalue weighted by atomic mass is 19.1. The van der Waals surface area contributed by atoms with Crippen LogP contribution in [0.4, 0.5) is 10.1 Å².